The van der Waals surface area contributed by atoms with Crippen molar-refractivity contribution in [1.82, 2.24) is 19.8 Å². The molecule has 4 bridgehead atoms. The number of hydrogen-bond donors (Lipinski definition) is 0. The summed E-state index contributed by atoms with van der Waals surface area (Å²) < 4.78 is 12.5. The maximum Gasteiger partial charge on any atom is 0.274 e. The molecule has 6 aliphatic rings. The van der Waals surface area contributed by atoms with Gasteiger partial charge in [-0.3, -0.25) is 9.80 Å². The molecule has 8 heteroatoms. The minimum atomic E-state index is 0.304. The number of rotatable bonds is 5. The highest BCUT2D eigenvalue weighted by molar-refractivity contribution is 7.23. The average molecular weight is 419 g/mol. The molecule has 150 valence electrons. The zero-order valence-electron chi connectivity index (χ0n) is 16.0. The number of ether oxygens (including phenoxy) is 2. The van der Waals surface area contributed by atoms with Crippen LogP contribution in [-0.4, -0.2) is 71.2 Å². The summed E-state index contributed by atoms with van der Waals surface area (Å²) in [5, 5.41) is 1.59. The summed E-state index contributed by atoms with van der Waals surface area (Å²) in [6.45, 7) is 7.04. The summed E-state index contributed by atoms with van der Waals surface area (Å²) in [5.41, 5.74) is 0. The summed E-state index contributed by atoms with van der Waals surface area (Å²) in [7, 11) is 0. The minimum absolute atomic E-state index is 0.304. The molecule has 2 atom stereocenters. The second kappa shape index (κ2) is 7.23. The van der Waals surface area contributed by atoms with Gasteiger partial charge in [0.1, 0.15) is 12.2 Å². The zero-order valence-corrected chi connectivity index (χ0v) is 17.6. The molecule has 0 aromatic carbocycles. The number of piperidine rings is 6. The van der Waals surface area contributed by atoms with Crippen LogP contribution in [0.15, 0.2) is 12.4 Å². The SMILES string of the molecule is c1nc(OC2CN3CCC2CC3)sc1-c1cnc(OC2CN3CCC2CC3)s1. The summed E-state index contributed by atoms with van der Waals surface area (Å²) in [6.07, 6.45) is 9.50. The van der Waals surface area contributed by atoms with Gasteiger partial charge in [0.15, 0.2) is 0 Å². The number of hydrogen-bond acceptors (Lipinski definition) is 8. The average Bonchev–Trinajstić information content (AvgIpc) is 3.39. The van der Waals surface area contributed by atoms with Crippen LogP contribution in [0.1, 0.15) is 25.7 Å². The van der Waals surface area contributed by atoms with E-state index in [0.29, 0.717) is 24.0 Å². The Bertz CT molecular complexity index is 756. The van der Waals surface area contributed by atoms with Crippen LogP contribution in [0, 0.1) is 11.8 Å². The maximum atomic E-state index is 6.27. The van der Waals surface area contributed by atoms with Crippen molar-refractivity contribution in [3.8, 4) is 20.1 Å². The molecule has 6 saturated heterocycles. The van der Waals surface area contributed by atoms with E-state index >= 15 is 0 Å². The van der Waals surface area contributed by atoms with E-state index < -0.39 is 0 Å². The fourth-order valence-corrected chi connectivity index (χ4v) is 6.90. The molecular weight excluding hydrogens is 392 g/mol. The summed E-state index contributed by atoms with van der Waals surface area (Å²) >= 11 is 3.27. The number of fused-ring (bicyclic) bond motifs is 6. The number of nitrogens with zero attached hydrogens (tertiary/aromatic N) is 4. The van der Waals surface area contributed by atoms with Gasteiger partial charge in [0.05, 0.1) is 22.1 Å². The van der Waals surface area contributed by atoms with Crippen LogP contribution in [0.3, 0.4) is 0 Å². The van der Waals surface area contributed by atoms with Crippen molar-refractivity contribution >= 4 is 22.7 Å². The van der Waals surface area contributed by atoms with E-state index in [-0.39, 0.29) is 0 Å². The second-order valence-electron chi connectivity index (χ2n) is 8.57. The fraction of sp³-hybridized carbons (Fsp3) is 0.700. The van der Waals surface area contributed by atoms with Crippen molar-refractivity contribution < 1.29 is 9.47 Å². The predicted molar refractivity (Wildman–Crippen MR) is 110 cm³/mol. The quantitative estimate of drug-likeness (QED) is 0.743. The van der Waals surface area contributed by atoms with Crippen LogP contribution in [0.25, 0.3) is 9.75 Å². The van der Waals surface area contributed by atoms with Gasteiger partial charge in [0.25, 0.3) is 10.4 Å². The Hall–Kier alpha value is -1.22. The molecule has 8 rings (SSSR count). The third-order valence-electron chi connectivity index (χ3n) is 6.91. The molecule has 0 aliphatic carbocycles. The number of thiazole rings is 2. The largest absolute Gasteiger partial charge is 0.465 e. The van der Waals surface area contributed by atoms with Gasteiger partial charge in [0.2, 0.25) is 0 Å². The molecular formula is C20H26N4O2S2. The van der Waals surface area contributed by atoms with E-state index in [2.05, 4.69) is 19.8 Å². The van der Waals surface area contributed by atoms with Crippen molar-refractivity contribution in [3.05, 3.63) is 12.4 Å². The van der Waals surface area contributed by atoms with E-state index in [1.54, 1.807) is 22.7 Å². The molecule has 0 radical (unpaired) electrons. The van der Waals surface area contributed by atoms with Crippen molar-refractivity contribution in [3.63, 3.8) is 0 Å². The first-order valence-corrected chi connectivity index (χ1v) is 12.1. The van der Waals surface area contributed by atoms with Gasteiger partial charge in [-0.2, -0.15) is 0 Å². The lowest BCUT2D eigenvalue weighted by atomic mass is 9.86. The highest BCUT2D eigenvalue weighted by Crippen LogP contribution is 2.39. The lowest BCUT2D eigenvalue weighted by molar-refractivity contribution is -0.00789. The van der Waals surface area contributed by atoms with Crippen molar-refractivity contribution in [1.29, 1.82) is 0 Å². The standard InChI is InChI=1S/C20H26N4O2S2/c1-5-23-6-2-13(1)15(11-23)25-19-21-9-17(27-19)18-10-22-20(28-18)26-16-12-24-7-3-14(16)4-8-24/h9-10,13-16H,1-8,11-12H2. The van der Waals surface area contributed by atoms with Gasteiger partial charge in [-0.25, -0.2) is 9.97 Å². The van der Waals surface area contributed by atoms with E-state index in [9.17, 15) is 0 Å². The predicted octanol–water partition coefficient (Wildman–Crippen LogP) is 3.21. The van der Waals surface area contributed by atoms with Gasteiger partial charge >= 0.3 is 0 Å². The molecule has 0 spiro atoms. The van der Waals surface area contributed by atoms with Gasteiger partial charge in [-0.15, -0.1) is 0 Å². The third kappa shape index (κ3) is 3.34. The van der Waals surface area contributed by atoms with E-state index in [1.807, 2.05) is 12.4 Å². The summed E-state index contributed by atoms with van der Waals surface area (Å²) in [5.74, 6) is 1.39. The Kier molecular flexibility index (Phi) is 4.55. The van der Waals surface area contributed by atoms with Crippen LogP contribution in [0.5, 0.6) is 10.4 Å². The highest BCUT2D eigenvalue weighted by atomic mass is 32.1. The van der Waals surface area contributed by atoms with E-state index in [0.717, 1.165) is 33.2 Å². The van der Waals surface area contributed by atoms with Crippen molar-refractivity contribution in [2.24, 2.45) is 11.8 Å². The Morgan fingerprint density at radius 1 is 0.714 bits per heavy atom. The van der Waals surface area contributed by atoms with E-state index in [4.69, 9.17) is 9.47 Å². The lowest BCUT2D eigenvalue weighted by Crippen LogP contribution is -2.52. The van der Waals surface area contributed by atoms with Crippen LogP contribution in [0.2, 0.25) is 0 Å². The fourth-order valence-electron chi connectivity index (χ4n) is 5.20. The first kappa shape index (κ1) is 17.6. The lowest BCUT2D eigenvalue weighted by Gasteiger charge is -2.43. The van der Waals surface area contributed by atoms with Crippen LogP contribution >= 0.6 is 22.7 Å². The number of aromatic nitrogens is 2. The summed E-state index contributed by atoms with van der Waals surface area (Å²) in [6, 6.07) is 0. The van der Waals surface area contributed by atoms with Gasteiger partial charge in [-0.1, -0.05) is 22.7 Å². The molecule has 6 aliphatic heterocycles. The summed E-state index contributed by atoms with van der Waals surface area (Å²) in [4.78, 5) is 16.3. The molecule has 6 fully saturated rings. The monoisotopic (exact) mass is 418 g/mol. The van der Waals surface area contributed by atoms with Gasteiger partial charge in [-0.05, 0) is 63.7 Å². The van der Waals surface area contributed by atoms with Gasteiger partial charge in [0, 0.05) is 13.1 Å². The smallest absolute Gasteiger partial charge is 0.274 e. The topological polar surface area (TPSA) is 50.7 Å². The van der Waals surface area contributed by atoms with Crippen molar-refractivity contribution in [2.45, 2.75) is 37.9 Å². The van der Waals surface area contributed by atoms with Crippen LogP contribution < -0.4 is 9.47 Å². The van der Waals surface area contributed by atoms with Gasteiger partial charge < -0.3 is 9.47 Å². The Morgan fingerprint density at radius 3 is 1.50 bits per heavy atom. The Morgan fingerprint density at radius 2 is 1.14 bits per heavy atom. The molecule has 0 saturated carbocycles. The van der Waals surface area contributed by atoms with E-state index in [1.165, 1.54) is 51.9 Å². The molecule has 8 heterocycles. The van der Waals surface area contributed by atoms with Crippen molar-refractivity contribution in [2.75, 3.05) is 39.3 Å². The third-order valence-corrected chi connectivity index (χ3v) is 8.88. The second-order valence-corrected chi connectivity index (χ2v) is 10.6. The van der Waals surface area contributed by atoms with Crippen LogP contribution in [0.4, 0.5) is 0 Å². The van der Waals surface area contributed by atoms with Crippen LogP contribution in [-0.2, 0) is 0 Å². The maximum absolute atomic E-state index is 6.27. The molecule has 2 aromatic rings. The highest BCUT2D eigenvalue weighted by Gasteiger charge is 2.37. The molecule has 0 N–H and O–H groups in total. The molecule has 0 amide bonds. The normalized spacial score (nSPS) is 36.6. The Balaban J connectivity index is 1.11. The molecule has 6 nitrogen and oxygen atoms in total. The first-order chi connectivity index (χ1) is 13.8. The Labute approximate surface area is 173 Å². The molecule has 2 unspecified atom stereocenters. The molecule has 28 heavy (non-hydrogen) atoms. The first-order valence-electron chi connectivity index (χ1n) is 10.5. The molecule has 2 aromatic heterocycles. The minimum Gasteiger partial charge on any atom is -0.465 e. The zero-order chi connectivity index (χ0) is 18.5.